The number of aliphatic imine (C=N–C) groups is 1. The fourth-order valence-electron chi connectivity index (χ4n) is 3.10. The lowest BCUT2D eigenvalue weighted by Gasteiger charge is -2.22. The zero-order chi connectivity index (χ0) is 19.8. The van der Waals surface area contributed by atoms with Gasteiger partial charge in [0.15, 0.2) is 11.6 Å². The summed E-state index contributed by atoms with van der Waals surface area (Å²) in [7, 11) is 3.85. The first-order valence-corrected chi connectivity index (χ1v) is 9.63. The van der Waals surface area contributed by atoms with E-state index in [1.165, 1.54) is 5.56 Å². The molecule has 0 bridgehead atoms. The minimum Gasteiger partial charge on any atom is -0.494 e. The maximum Gasteiger partial charge on any atom is 0.193 e. The molecule has 7 heteroatoms. The first kappa shape index (κ1) is 19.7. The molecule has 0 aliphatic heterocycles. The molecule has 0 fully saturated rings. The number of fused-ring (bicyclic) bond motifs is 1. The van der Waals surface area contributed by atoms with Crippen LogP contribution in [0.1, 0.15) is 24.7 Å². The molecule has 3 aromatic rings. The monoisotopic (exact) mass is 380 g/mol. The number of nitrogens with one attached hydrogen (secondary N) is 1. The molecule has 0 aliphatic carbocycles. The highest BCUT2D eigenvalue weighted by atomic mass is 16.5. The van der Waals surface area contributed by atoms with Crippen LogP contribution in [0.3, 0.4) is 0 Å². The topological polar surface area (TPSA) is 67.0 Å². The van der Waals surface area contributed by atoms with Gasteiger partial charge in [0.05, 0.1) is 6.61 Å². The van der Waals surface area contributed by atoms with E-state index in [-0.39, 0.29) is 0 Å². The van der Waals surface area contributed by atoms with E-state index >= 15 is 0 Å². The van der Waals surface area contributed by atoms with E-state index < -0.39 is 0 Å². The number of hydrogen-bond acceptors (Lipinski definition) is 4. The minimum atomic E-state index is 0.681. The number of hydrogen-bond donors (Lipinski definition) is 1. The Morgan fingerprint density at radius 1 is 1.18 bits per heavy atom. The molecule has 1 aromatic carbocycles. The number of aryl methyl sites for hydroxylation is 1. The number of benzene rings is 1. The third-order valence-electron chi connectivity index (χ3n) is 4.47. The van der Waals surface area contributed by atoms with Crippen molar-refractivity contribution >= 4 is 11.6 Å². The quantitative estimate of drug-likeness (QED) is 0.370. The Kier molecular flexibility index (Phi) is 6.84. The number of guanidine groups is 1. The molecule has 28 heavy (non-hydrogen) atoms. The molecule has 0 saturated carbocycles. The highest BCUT2D eigenvalue weighted by Gasteiger charge is 2.08. The second kappa shape index (κ2) is 9.73. The molecule has 0 spiro atoms. The zero-order valence-corrected chi connectivity index (χ0v) is 16.8. The molecule has 0 unspecified atom stereocenters. The van der Waals surface area contributed by atoms with Crippen LogP contribution in [-0.4, -0.2) is 52.7 Å². The van der Waals surface area contributed by atoms with E-state index in [0.717, 1.165) is 49.1 Å². The van der Waals surface area contributed by atoms with Crippen molar-refractivity contribution in [1.29, 1.82) is 0 Å². The maximum absolute atomic E-state index is 5.50. The Labute approximate surface area is 166 Å². The second-order valence-electron chi connectivity index (χ2n) is 6.56. The molecule has 148 valence electrons. The van der Waals surface area contributed by atoms with Gasteiger partial charge >= 0.3 is 0 Å². The highest BCUT2D eigenvalue weighted by Crippen LogP contribution is 2.13. The van der Waals surface area contributed by atoms with Gasteiger partial charge < -0.3 is 15.0 Å². The molecule has 0 atom stereocenters. The van der Waals surface area contributed by atoms with Crippen molar-refractivity contribution in [3.8, 4) is 5.75 Å². The van der Waals surface area contributed by atoms with Crippen LogP contribution < -0.4 is 10.1 Å². The Hall–Kier alpha value is -3.09. The van der Waals surface area contributed by atoms with Gasteiger partial charge in [-0.05, 0) is 43.2 Å². The Morgan fingerprint density at radius 3 is 2.75 bits per heavy atom. The third kappa shape index (κ3) is 5.00. The summed E-state index contributed by atoms with van der Waals surface area (Å²) in [5, 5.41) is 11.9. The molecule has 7 nitrogen and oxygen atoms in total. The van der Waals surface area contributed by atoms with Crippen LogP contribution in [0.15, 0.2) is 53.7 Å². The predicted octanol–water partition coefficient (Wildman–Crippen LogP) is 2.77. The van der Waals surface area contributed by atoms with Crippen molar-refractivity contribution in [3.63, 3.8) is 0 Å². The summed E-state index contributed by atoms with van der Waals surface area (Å²) in [6.45, 7) is 4.27. The van der Waals surface area contributed by atoms with Crippen LogP contribution in [0.2, 0.25) is 0 Å². The third-order valence-corrected chi connectivity index (χ3v) is 4.47. The summed E-state index contributed by atoms with van der Waals surface area (Å²) in [5.41, 5.74) is 2.10. The first-order valence-electron chi connectivity index (χ1n) is 9.63. The van der Waals surface area contributed by atoms with Crippen molar-refractivity contribution in [2.24, 2.45) is 4.99 Å². The summed E-state index contributed by atoms with van der Waals surface area (Å²) in [4.78, 5) is 6.50. The molecule has 3 rings (SSSR count). The molecule has 2 aromatic heterocycles. The number of pyridine rings is 1. The van der Waals surface area contributed by atoms with Gasteiger partial charge in [0.2, 0.25) is 0 Å². The highest BCUT2D eigenvalue weighted by molar-refractivity contribution is 5.79. The van der Waals surface area contributed by atoms with Crippen molar-refractivity contribution < 1.29 is 4.74 Å². The predicted molar refractivity (Wildman–Crippen MR) is 112 cm³/mol. The van der Waals surface area contributed by atoms with E-state index in [2.05, 4.69) is 37.5 Å². The average Bonchev–Trinajstić information content (AvgIpc) is 3.13. The molecule has 0 aliphatic rings. The number of aromatic nitrogens is 3. The largest absolute Gasteiger partial charge is 0.494 e. The van der Waals surface area contributed by atoms with Crippen molar-refractivity contribution in [2.75, 3.05) is 27.2 Å². The summed E-state index contributed by atoms with van der Waals surface area (Å²) in [6.07, 6.45) is 3.81. The zero-order valence-electron chi connectivity index (χ0n) is 16.8. The molecule has 1 N–H and O–H groups in total. The molecule has 2 heterocycles. The van der Waals surface area contributed by atoms with E-state index in [0.29, 0.717) is 6.61 Å². The van der Waals surface area contributed by atoms with Crippen molar-refractivity contribution in [3.05, 3.63) is 60.0 Å². The lowest BCUT2D eigenvalue weighted by Crippen LogP contribution is -2.39. The van der Waals surface area contributed by atoms with Crippen LogP contribution in [0, 0.1) is 0 Å². The van der Waals surface area contributed by atoms with Gasteiger partial charge in [-0.1, -0.05) is 18.2 Å². The van der Waals surface area contributed by atoms with Crippen LogP contribution in [-0.2, 0) is 13.0 Å². The van der Waals surface area contributed by atoms with Gasteiger partial charge in [-0.2, -0.15) is 0 Å². The van der Waals surface area contributed by atoms with E-state index in [1.54, 1.807) is 0 Å². The van der Waals surface area contributed by atoms with Gasteiger partial charge in [0.25, 0.3) is 0 Å². The molecule has 0 amide bonds. The van der Waals surface area contributed by atoms with E-state index in [4.69, 9.17) is 4.74 Å². The molecule has 0 radical (unpaired) electrons. The van der Waals surface area contributed by atoms with Crippen molar-refractivity contribution in [1.82, 2.24) is 24.8 Å². The lowest BCUT2D eigenvalue weighted by molar-refractivity contribution is 0.340. The van der Waals surface area contributed by atoms with Gasteiger partial charge in [0.1, 0.15) is 11.6 Å². The average molecular weight is 380 g/mol. The number of rotatable bonds is 8. The van der Waals surface area contributed by atoms with Crippen LogP contribution >= 0.6 is 0 Å². The Bertz CT molecular complexity index is 903. The standard InChI is InChI=1S/C21H28N6O/c1-4-28-18-12-10-17(11-13-18)16-26(3)21(22-2)23-14-7-9-20-25-24-19-8-5-6-15-27(19)20/h5-6,8,10-13,15H,4,7,9,14,16H2,1-3H3,(H,22,23). The van der Waals surface area contributed by atoms with Crippen LogP contribution in [0.25, 0.3) is 5.65 Å². The number of ether oxygens (including phenoxy) is 1. The first-order chi connectivity index (χ1) is 13.7. The van der Waals surface area contributed by atoms with Gasteiger partial charge in [-0.15, -0.1) is 10.2 Å². The number of nitrogens with zero attached hydrogens (tertiary/aromatic N) is 5. The van der Waals surface area contributed by atoms with Gasteiger partial charge in [-0.3, -0.25) is 9.39 Å². The minimum absolute atomic E-state index is 0.681. The normalized spacial score (nSPS) is 11.6. The van der Waals surface area contributed by atoms with Gasteiger partial charge in [0, 0.05) is 39.8 Å². The smallest absolute Gasteiger partial charge is 0.193 e. The molecular formula is C21H28N6O. The Morgan fingerprint density at radius 2 is 2.00 bits per heavy atom. The van der Waals surface area contributed by atoms with Crippen LogP contribution in [0.5, 0.6) is 5.75 Å². The molecule has 0 saturated heterocycles. The fourth-order valence-corrected chi connectivity index (χ4v) is 3.10. The SMILES string of the molecule is CCOc1ccc(CN(C)C(=NC)NCCCc2nnc3ccccn23)cc1. The summed E-state index contributed by atoms with van der Waals surface area (Å²) >= 11 is 0. The second-order valence-corrected chi connectivity index (χ2v) is 6.56. The van der Waals surface area contributed by atoms with E-state index in [1.807, 2.05) is 61.9 Å². The lowest BCUT2D eigenvalue weighted by atomic mass is 10.2. The summed E-state index contributed by atoms with van der Waals surface area (Å²) in [5.74, 6) is 2.76. The summed E-state index contributed by atoms with van der Waals surface area (Å²) in [6, 6.07) is 14.1. The van der Waals surface area contributed by atoms with Crippen LogP contribution in [0.4, 0.5) is 0 Å². The van der Waals surface area contributed by atoms with Crippen molar-refractivity contribution in [2.45, 2.75) is 26.3 Å². The maximum atomic E-state index is 5.50. The fraction of sp³-hybridized carbons (Fsp3) is 0.381. The summed E-state index contributed by atoms with van der Waals surface area (Å²) < 4.78 is 7.53. The Balaban J connectivity index is 1.47. The van der Waals surface area contributed by atoms with Gasteiger partial charge in [-0.25, -0.2) is 0 Å². The van der Waals surface area contributed by atoms with E-state index in [9.17, 15) is 0 Å². The molecular weight excluding hydrogens is 352 g/mol.